The zero-order valence-corrected chi connectivity index (χ0v) is 14.3. The van der Waals surface area contributed by atoms with E-state index in [0.717, 1.165) is 38.5 Å². The summed E-state index contributed by atoms with van der Waals surface area (Å²) in [4.78, 5) is 21.9. The average Bonchev–Trinajstić information content (AvgIpc) is 2.49. The molecule has 1 N–H and O–H groups in total. The van der Waals surface area contributed by atoms with Crippen LogP contribution in [-0.2, 0) is 9.59 Å². The smallest absolute Gasteiger partial charge is 0.303 e. The molecule has 0 bridgehead atoms. The third-order valence-electron chi connectivity index (χ3n) is 3.84. The largest absolute Gasteiger partial charge is 0.481 e. The first kappa shape index (κ1) is 20.9. The van der Waals surface area contributed by atoms with Gasteiger partial charge in [-0.15, -0.1) is 0 Å². The Morgan fingerprint density at radius 2 is 1.32 bits per heavy atom. The van der Waals surface area contributed by atoms with Gasteiger partial charge in [0.25, 0.3) is 0 Å². The Labute approximate surface area is 136 Å². The van der Waals surface area contributed by atoms with Crippen LogP contribution in [-0.4, -0.2) is 16.9 Å². The number of allylic oxidation sites excluding steroid dienone is 2. The summed E-state index contributed by atoms with van der Waals surface area (Å²) in [5.41, 5.74) is 0. The van der Waals surface area contributed by atoms with Crippen LogP contribution in [0.3, 0.4) is 0 Å². The molecule has 0 aromatic heterocycles. The molecule has 0 saturated carbocycles. The van der Waals surface area contributed by atoms with Crippen molar-refractivity contribution in [2.45, 2.75) is 96.8 Å². The van der Waals surface area contributed by atoms with E-state index in [9.17, 15) is 9.59 Å². The third kappa shape index (κ3) is 16.9. The summed E-state index contributed by atoms with van der Waals surface area (Å²) in [6.45, 7) is 2.18. The zero-order chi connectivity index (χ0) is 16.5. The third-order valence-corrected chi connectivity index (χ3v) is 3.84. The summed E-state index contributed by atoms with van der Waals surface area (Å²) in [5, 5.41) is 8.52. The van der Waals surface area contributed by atoms with Crippen LogP contribution >= 0.6 is 0 Å². The van der Waals surface area contributed by atoms with Crippen molar-refractivity contribution in [2.24, 2.45) is 0 Å². The van der Waals surface area contributed by atoms with Crippen molar-refractivity contribution in [1.82, 2.24) is 0 Å². The summed E-state index contributed by atoms with van der Waals surface area (Å²) in [5.74, 6) is -0.416. The molecule has 0 rings (SSSR count). The van der Waals surface area contributed by atoms with Gasteiger partial charge in [0, 0.05) is 12.8 Å². The number of hydrogen-bond acceptors (Lipinski definition) is 2. The predicted octanol–water partition coefficient (Wildman–Crippen LogP) is 5.68. The van der Waals surface area contributed by atoms with Gasteiger partial charge in [-0.1, -0.05) is 64.4 Å². The average molecular weight is 310 g/mol. The molecule has 0 heterocycles. The van der Waals surface area contributed by atoms with E-state index in [2.05, 4.69) is 6.92 Å². The number of hydrogen-bond donors (Lipinski definition) is 1. The Hall–Kier alpha value is -1.12. The highest BCUT2D eigenvalue weighted by Gasteiger charge is 1.97. The maximum atomic E-state index is 11.6. The number of carbonyl (C=O) groups excluding carboxylic acids is 1. The standard InChI is InChI=1S/C19H34O3/c1-2-3-4-12-15-18(20)16-13-10-8-6-5-7-9-11-14-17-19(21)22/h13,16H,2-12,14-15,17H2,1H3,(H,21,22). The van der Waals surface area contributed by atoms with Crippen LogP contribution in [0, 0.1) is 0 Å². The SMILES string of the molecule is CCCCCCC(=O)C=CCCCCCCCCCC(=O)O. The highest BCUT2D eigenvalue weighted by molar-refractivity contribution is 5.89. The quantitative estimate of drug-likeness (QED) is 0.295. The van der Waals surface area contributed by atoms with Gasteiger partial charge >= 0.3 is 5.97 Å². The predicted molar refractivity (Wildman–Crippen MR) is 92.1 cm³/mol. The normalized spacial score (nSPS) is 11.1. The van der Waals surface area contributed by atoms with E-state index >= 15 is 0 Å². The minimum Gasteiger partial charge on any atom is -0.481 e. The molecule has 0 radical (unpaired) electrons. The van der Waals surface area contributed by atoms with Gasteiger partial charge in [-0.25, -0.2) is 0 Å². The Morgan fingerprint density at radius 3 is 1.95 bits per heavy atom. The van der Waals surface area contributed by atoms with Crippen molar-refractivity contribution in [1.29, 1.82) is 0 Å². The minimum absolute atomic E-state index is 0.273. The number of carboxylic acids is 1. The maximum Gasteiger partial charge on any atom is 0.303 e. The lowest BCUT2D eigenvalue weighted by atomic mass is 10.1. The monoisotopic (exact) mass is 310 g/mol. The van der Waals surface area contributed by atoms with Crippen LogP contribution in [0.2, 0.25) is 0 Å². The fourth-order valence-corrected chi connectivity index (χ4v) is 2.45. The fourth-order valence-electron chi connectivity index (χ4n) is 2.45. The molecule has 0 spiro atoms. The summed E-state index contributed by atoms with van der Waals surface area (Å²) < 4.78 is 0. The van der Waals surface area contributed by atoms with Gasteiger partial charge in [0.15, 0.2) is 5.78 Å². The summed E-state index contributed by atoms with van der Waals surface area (Å²) in [7, 11) is 0. The molecular formula is C19H34O3. The Kier molecular flexibility index (Phi) is 15.4. The number of aliphatic carboxylic acids is 1. The summed E-state index contributed by atoms with van der Waals surface area (Å²) in [6.07, 6.45) is 18.2. The van der Waals surface area contributed by atoms with Crippen molar-refractivity contribution in [3.63, 3.8) is 0 Å². The van der Waals surface area contributed by atoms with Gasteiger partial charge in [0.05, 0.1) is 0 Å². The highest BCUT2D eigenvalue weighted by Crippen LogP contribution is 2.10. The van der Waals surface area contributed by atoms with Crippen LogP contribution in [0.15, 0.2) is 12.2 Å². The highest BCUT2D eigenvalue weighted by atomic mass is 16.4. The van der Waals surface area contributed by atoms with Gasteiger partial charge in [-0.2, -0.15) is 0 Å². The zero-order valence-electron chi connectivity index (χ0n) is 14.3. The van der Waals surface area contributed by atoms with E-state index in [0.29, 0.717) is 12.8 Å². The Balaban J connectivity index is 3.26. The molecule has 3 nitrogen and oxygen atoms in total. The maximum absolute atomic E-state index is 11.6. The van der Waals surface area contributed by atoms with Crippen LogP contribution < -0.4 is 0 Å². The molecule has 22 heavy (non-hydrogen) atoms. The number of carboxylic acid groups (broad SMARTS) is 1. The molecular weight excluding hydrogens is 276 g/mol. The second-order valence-electron chi connectivity index (χ2n) is 6.09. The lowest BCUT2D eigenvalue weighted by Crippen LogP contribution is -1.93. The molecule has 0 unspecified atom stereocenters. The molecule has 3 heteroatoms. The first-order valence-electron chi connectivity index (χ1n) is 9.08. The van der Waals surface area contributed by atoms with Gasteiger partial charge < -0.3 is 5.11 Å². The lowest BCUT2D eigenvalue weighted by molar-refractivity contribution is -0.137. The number of ketones is 1. The van der Waals surface area contributed by atoms with Crippen LogP contribution in [0.1, 0.15) is 96.8 Å². The van der Waals surface area contributed by atoms with E-state index in [-0.39, 0.29) is 5.78 Å². The Morgan fingerprint density at radius 1 is 0.773 bits per heavy atom. The number of carbonyl (C=O) groups is 2. The van der Waals surface area contributed by atoms with Crippen LogP contribution in [0.4, 0.5) is 0 Å². The molecule has 0 atom stereocenters. The van der Waals surface area contributed by atoms with Crippen molar-refractivity contribution in [3.8, 4) is 0 Å². The van der Waals surface area contributed by atoms with E-state index < -0.39 is 5.97 Å². The molecule has 0 aromatic carbocycles. The minimum atomic E-state index is -0.688. The number of rotatable bonds is 16. The molecule has 128 valence electrons. The van der Waals surface area contributed by atoms with Crippen LogP contribution in [0.25, 0.3) is 0 Å². The summed E-state index contributed by atoms with van der Waals surface area (Å²) >= 11 is 0. The van der Waals surface area contributed by atoms with E-state index in [4.69, 9.17) is 5.11 Å². The number of unbranched alkanes of at least 4 members (excludes halogenated alkanes) is 10. The topological polar surface area (TPSA) is 54.4 Å². The van der Waals surface area contributed by atoms with Gasteiger partial charge in [-0.3, -0.25) is 9.59 Å². The molecule has 0 aliphatic rings. The summed E-state index contributed by atoms with van der Waals surface area (Å²) in [6, 6.07) is 0. The first-order chi connectivity index (χ1) is 10.7. The molecule has 0 saturated heterocycles. The Bertz CT molecular complexity index is 308. The van der Waals surface area contributed by atoms with E-state index in [1.165, 1.54) is 38.5 Å². The van der Waals surface area contributed by atoms with Gasteiger partial charge in [0.1, 0.15) is 0 Å². The molecule has 0 amide bonds. The molecule has 0 aliphatic heterocycles. The van der Waals surface area contributed by atoms with E-state index in [1.54, 1.807) is 6.08 Å². The van der Waals surface area contributed by atoms with Gasteiger partial charge in [0.2, 0.25) is 0 Å². The fraction of sp³-hybridized carbons (Fsp3) is 0.789. The van der Waals surface area contributed by atoms with Crippen molar-refractivity contribution < 1.29 is 14.7 Å². The lowest BCUT2D eigenvalue weighted by Gasteiger charge is -2.00. The first-order valence-corrected chi connectivity index (χ1v) is 9.08. The van der Waals surface area contributed by atoms with Gasteiger partial charge in [-0.05, 0) is 31.8 Å². The van der Waals surface area contributed by atoms with Crippen molar-refractivity contribution >= 4 is 11.8 Å². The molecule has 0 aromatic rings. The van der Waals surface area contributed by atoms with Crippen LogP contribution in [0.5, 0.6) is 0 Å². The second kappa shape index (κ2) is 16.3. The van der Waals surface area contributed by atoms with Crippen molar-refractivity contribution in [2.75, 3.05) is 0 Å². The second-order valence-corrected chi connectivity index (χ2v) is 6.09. The molecule has 0 fully saturated rings. The van der Waals surface area contributed by atoms with E-state index in [1.807, 2.05) is 6.08 Å². The molecule has 0 aliphatic carbocycles. The van der Waals surface area contributed by atoms with Crippen molar-refractivity contribution in [3.05, 3.63) is 12.2 Å².